The van der Waals surface area contributed by atoms with Crippen LogP contribution in [0.1, 0.15) is 41.5 Å². The van der Waals surface area contributed by atoms with Crippen molar-refractivity contribution in [2.45, 2.75) is 65.9 Å². The van der Waals surface area contributed by atoms with Gasteiger partial charge in [0.05, 0.1) is 0 Å². The monoisotopic (exact) mass is 292 g/mol. The highest BCUT2D eigenvalue weighted by atomic mass is 28.4. The number of hydrogen-bond acceptors (Lipinski definition) is 5. The molecule has 0 aromatic carbocycles. The van der Waals surface area contributed by atoms with E-state index in [4.69, 9.17) is 19.0 Å². The maximum atomic E-state index is 6.06. The summed E-state index contributed by atoms with van der Waals surface area (Å²) in [5.74, 6) is 0. The van der Waals surface area contributed by atoms with E-state index in [9.17, 15) is 0 Å². The van der Waals surface area contributed by atoms with Gasteiger partial charge in [-0.1, -0.05) is 0 Å². The first-order valence-corrected chi connectivity index (χ1v) is 9.18. The predicted molar refractivity (Wildman–Crippen MR) is 81.1 cm³/mol. The maximum Gasteiger partial charge on any atom is 0.502 e. The van der Waals surface area contributed by atoms with Crippen molar-refractivity contribution in [2.24, 2.45) is 5.73 Å². The van der Waals surface area contributed by atoms with Crippen molar-refractivity contribution in [2.75, 3.05) is 19.6 Å². The van der Waals surface area contributed by atoms with Gasteiger partial charge >= 0.3 is 8.80 Å². The lowest BCUT2D eigenvalue weighted by Gasteiger charge is -2.34. The van der Waals surface area contributed by atoms with Gasteiger partial charge < -0.3 is 24.3 Å². The first-order chi connectivity index (χ1) is 8.81. The summed E-state index contributed by atoms with van der Waals surface area (Å²) in [6.45, 7) is 14.3. The van der Waals surface area contributed by atoms with Gasteiger partial charge in [0.1, 0.15) is 0 Å². The van der Waals surface area contributed by atoms with Crippen molar-refractivity contribution in [1.82, 2.24) is 5.32 Å². The Hall–Kier alpha value is 0.0169. The molecule has 0 aliphatic heterocycles. The quantitative estimate of drug-likeness (QED) is 0.449. The molecule has 19 heavy (non-hydrogen) atoms. The molecule has 0 amide bonds. The lowest BCUT2D eigenvalue weighted by molar-refractivity contribution is 0.00338. The third kappa shape index (κ3) is 9.54. The molecule has 0 saturated carbocycles. The minimum absolute atomic E-state index is 0.0960. The lowest BCUT2D eigenvalue weighted by Crippen LogP contribution is -2.52. The van der Waals surface area contributed by atoms with Gasteiger partial charge in [0.25, 0.3) is 0 Å². The number of nitrogens with one attached hydrogen (secondary N) is 1. The molecule has 0 saturated heterocycles. The van der Waals surface area contributed by atoms with Gasteiger partial charge in [0, 0.05) is 37.4 Å². The molecular weight excluding hydrogens is 260 g/mol. The molecule has 0 aliphatic carbocycles. The Morgan fingerprint density at radius 3 is 1.58 bits per heavy atom. The van der Waals surface area contributed by atoms with E-state index in [0.717, 1.165) is 19.1 Å². The summed E-state index contributed by atoms with van der Waals surface area (Å²) in [5.41, 5.74) is 5.48. The molecule has 0 atom stereocenters. The average Bonchev–Trinajstić information content (AvgIpc) is 2.21. The van der Waals surface area contributed by atoms with Gasteiger partial charge in [-0.2, -0.15) is 0 Å². The van der Waals surface area contributed by atoms with E-state index in [1.54, 1.807) is 0 Å². The van der Waals surface area contributed by atoms with Crippen LogP contribution in [0.15, 0.2) is 0 Å². The van der Waals surface area contributed by atoms with Crippen molar-refractivity contribution in [3.05, 3.63) is 0 Å². The van der Waals surface area contributed by atoms with Crippen molar-refractivity contribution in [3.63, 3.8) is 0 Å². The predicted octanol–water partition coefficient (Wildman–Crippen LogP) is 1.75. The van der Waals surface area contributed by atoms with Crippen molar-refractivity contribution in [1.29, 1.82) is 0 Å². The molecule has 6 heteroatoms. The first-order valence-electron chi connectivity index (χ1n) is 7.25. The van der Waals surface area contributed by atoms with Crippen LogP contribution in [-0.4, -0.2) is 46.8 Å². The van der Waals surface area contributed by atoms with Crippen molar-refractivity contribution >= 4 is 8.80 Å². The zero-order valence-electron chi connectivity index (χ0n) is 13.4. The van der Waals surface area contributed by atoms with Gasteiger partial charge in [0.15, 0.2) is 0 Å². The zero-order chi connectivity index (χ0) is 14.9. The van der Waals surface area contributed by atoms with Crippen LogP contribution in [0.5, 0.6) is 0 Å². The van der Waals surface area contributed by atoms with E-state index in [1.807, 2.05) is 41.5 Å². The summed E-state index contributed by atoms with van der Waals surface area (Å²) in [7, 11) is -2.64. The molecule has 0 fully saturated rings. The van der Waals surface area contributed by atoms with Crippen molar-refractivity contribution in [3.8, 4) is 0 Å². The Morgan fingerprint density at radius 2 is 1.26 bits per heavy atom. The summed E-state index contributed by atoms with van der Waals surface area (Å²) in [6.07, 6.45) is 0.288. The fourth-order valence-corrected chi connectivity index (χ4v) is 4.96. The fourth-order valence-electron chi connectivity index (χ4n) is 1.81. The first kappa shape index (κ1) is 19.0. The van der Waals surface area contributed by atoms with E-state index >= 15 is 0 Å². The van der Waals surface area contributed by atoms with Crippen molar-refractivity contribution < 1.29 is 13.3 Å². The zero-order valence-corrected chi connectivity index (χ0v) is 14.4. The molecule has 0 unspecified atom stereocenters. The van der Waals surface area contributed by atoms with Crippen LogP contribution < -0.4 is 11.1 Å². The smallest absolute Gasteiger partial charge is 0.371 e. The second kappa shape index (κ2) is 9.85. The third-order valence-electron chi connectivity index (χ3n) is 2.17. The normalized spacial score (nSPS) is 12.9. The summed E-state index contributed by atoms with van der Waals surface area (Å²) >= 11 is 0. The second-order valence-electron chi connectivity index (χ2n) is 5.47. The molecule has 0 aromatic rings. The number of rotatable bonds is 11. The van der Waals surface area contributed by atoms with E-state index in [2.05, 4.69) is 5.32 Å². The summed E-state index contributed by atoms with van der Waals surface area (Å²) < 4.78 is 18.2. The minimum Gasteiger partial charge on any atom is -0.371 e. The molecule has 0 radical (unpaired) electrons. The van der Waals surface area contributed by atoms with Gasteiger partial charge in [-0.3, -0.25) is 0 Å². The summed E-state index contributed by atoms with van der Waals surface area (Å²) in [6, 6.07) is 0.765. The Morgan fingerprint density at radius 1 is 0.842 bits per heavy atom. The minimum atomic E-state index is -2.64. The summed E-state index contributed by atoms with van der Waals surface area (Å²) in [5, 5.41) is 3.28. The largest absolute Gasteiger partial charge is 0.502 e. The van der Waals surface area contributed by atoms with Crippen LogP contribution in [0, 0.1) is 0 Å². The Kier molecular flexibility index (Phi) is 9.86. The average molecular weight is 292 g/mol. The molecule has 5 nitrogen and oxygen atoms in total. The molecule has 0 bridgehead atoms. The van der Waals surface area contributed by atoms with Crippen LogP contribution in [0.3, 0.4) is 0 Å². The Balaban J connectivity index is 4.68. The SMILES string of the molecule is CC(C)O[Si](CCNCCN)(OC(C)C)OC(C)C. The van der Waals surface area contributed by atoms with Gasteiger partial charge in [-0.25, -0.2) is 0 Å². The van der Waals surface area contributed by atoms with Crippen LogP contribution in [0.25, 0.3) is 0 Å². The highest BCUT2D eigenvalue weighted by Crippen LogP contribution is 2.21. The third-order valence-corrected chi connectivity index (χ3v) is 5.53. The maximum absolute atomic E-state index is 6.06. The molecule has 0 rings (SSSR count). The fraction of sp³-hybridized carbons (Fsp3) is 1.00. The number of nitrogens with two attached hydrogens (primary N) is 1. The van der Waals surface area contributed by atoms with Gasteiger partial charge in [-0.05, 0) is 48.1 Å². The molecule has 0 heterocycles. The van der Waals surface area contributed by atoms with E-state index < -0.39 is 8.80 Å². The van der Waals surface area contributed by atoms with Gasteiger partial charge in [0.2, 0.25) is 0 Å². The van der Waals surface area contributed by atoms with Crippen LogP contribution in [-0.2, 0) is 13.3 Å². The lowest BCUT2D eigenvalue weighted by atomic mass is 10.5. The topological polar surface area (TPSA) is 65.7 Å². The highest BCUT2D eigenvalue weighted by molar-refractivity contribution is 6.61. The van der Waals surface area contributed by atoms with Crippen LogP contribution in [0.4, 0.5) is 0 Å². The molecule has 0 spiro atoms. The van der Waals surface area contributed by atoms with Crippen LogP contribution in [0.2, 0.25) is 6.04 Å². The Labute approximate surface area is 119 Å². The molecule has 0 aromatic heterocycles. The Bertz CT molecular complexity index is 199. The van der Waals surface area contributed by atoms with Gasteiger partial charge in [-0.15, -0.1) is 0 Å². The summed E-state index contributed by atoms with van der Waals surface area (Å²) in [4.78, 5) is 0. The van der Waals surface area contributed by atoms with E-state index in [1.165, 1.54) is 0 Å². The molecule has 0 aliphatic rings. The van der Waals surface area contributed by atoms with E-state index in [0.29, 0.717) is 6.54 Å². The van der Waals surface area contributed by atoms with Crippen LogP contribution >= 0.6 is 0 Å². The molecule has 116 valence electrons. The molecule has 3 N–H and O–H groups in total. The van der Waals surface area contributed by atoms with E-state index in [-0.39, 0.29) is 18.3 Å². The molecular formula is C13H32N2O3Si. The highest BCUT2D eigenvalue weighted by Gasteiger charge is 2.43. The standard InChI is InChI=1S/C13H32N2O3Si/c1-11(2)16-19(17-12(3)4,18-13(5)6)10-9-15-8-7-14/h11-13,15H,7-10,14H2,1-6H3. The second-order valence-corrected chi connectivity index (χ2v) is 8.04. The number of hydrogen-bond donors (Lipinski definition) is 2.